The normalized spacial score (nSPS) is 38.7. The van der Waals surface area contributed by atoms with Gasteiger partial charge in [0.05, 0.1) is 0 Å². The van der Waals surface area contributed by atoms with Gasteiger partial charge in [0.25, 0.3) is 0 Å². The van der Waals surface area contributed by atoms with Gasteiger partial charge in [-0.3, -0.25) is 0 Å². The van der Waals surface area contributed by atoms with Gasteiger partial charge in [-0.15, -0.1) is 0 Å². The Labute approximate surface area is 128 Å². The quantitative estimate of drug-likeness (QED) is 0.923. The zero-order valence-corrected chi connectivity index (χ0v) is 13.5. The molecular formula is C18H27N3. The second-order valence-electron chi connectivity index (χ2n) is 7.94. The van der Waals surface area contributed by atoms with Gasteiger partial charge in [-0.25, -0.2) is 9.97 Å². The topological polar surface area (TPSA) is 37.8 Å². The highest BCUT2D eigenvalue weighted by Crippen LogP contribution is 2.60. The predicted octanol–water partition coefficient (Wildman–Crippen LogP) is 3.53. The summed E-state index contributed by atoms with van der Waals surface area (Å²) in [5, 5.41) is 3.30. The number of hydrogen-bond acceptors (Lipinski definition) is 3. The summed E-state index contributed by atoms with van der Waals surface area (Å²) < 4.78 is 0. The van der Waals surface area contributed by atoms with Crippen LogP contribution in [0.1, 0.15) is 68.6 Å². The van der Waals surface area contributed by atoms with Crippen molar-refractivity contribution in [2.75, 3.05) is 7.05 Å². The Kier molecular flexibility index (Phi) is 3.11. The molecule has 1 aromatic rings. The Morgan fingerprint density at radius 2 is 1.71 bits per heavy atom. The maximum atomic E-state index is 4.98. The third-order valence-corrected chi connectivity index (χ3v) is 6.43. The van der Waals surface area contributed by atoms with Crippen LogP contribution < -0.4 is 5.32 Å². The van der Waals surface area contributed by atoms with Gasteiger partial charge in [0.1, 0.15) is 5.82 Å². The van der Waals surface area contributed by atoms with Crippen molar-refractivity contribution in [2.45, 2.75) is 63.8 Å². The minimum Gasteiger partial charge on any atom is -0.313 e. The highest BCUT2D eigenvalue weighted by Gasteiger charge is 2.53. The van der Waals surface area contributed by atoms with Crippen LogP contribution in [0.5, 0.6) is 0 Å². The highest BCUT2D eigenvalue weighted by molar-refractivity contribution is 5.24. The van der Waals surface area contributed by atoms with E-state index in [1.807, 2.05) is 7.05 Å². The maximum absolute atomic E-state index is 4.98. The van der Waals surface area contributed by atoms with Gasteiger partial charge in [0.15, 0.2) is 0 Å². The molecule has 1 heterocycles. The molecule has 4 bridgehead atoms. The molecule has 1 N–H and O–H groups in total. The molecule has 21 heavy (non-hydrogen) atoms. The number of aromatic nitrogens is 2. The molecule has 1 atom stereocenters. The Morgan fingerprint density at radius 3 is 2.19 bits per heavy atom. The second-order valence-corrected chi connectivity index (χ2v) is 7.94. The van der Waals surface area contributed by atoms with Gasteiger partial charge in [0, 0.05) is 28.9 Å². The van der Waals surface area contributed by atoms with E-state index in [1.165, 1.54) is 44.1 Å². The van der Waals surface area contributed by atoms with E-state index in [9.17, 15) is 0 Å². The summed E-state index contributed by atoms with van der Waals surface area (Å²) in [4.78, 5) is 9.83. The van der Waals surface area contributed by atoms with Gasteiger partial charge >= 0.3 is 0 Å². The smallest absolute Gasteiger partial charge is 0.134 e. The van der Waals surface area contributed by atoms with E-state index in [0.29, 0.717) is 11.5 Å². The zero-order valence-electron chi connectivity index (χ0n) is 13.5. The molecule has 0 saturated heterocycles. The minimum atomic E-state index is 0.320. The van der Waals surface area contributed by atoms with Crippen LogP contribution in [0.25, 0.3) is 0 Å². The van der Waals surface area contributed by atoms with E-state index in [4.69, 9.17) is 9.97 Å². The van der Waals surface area contributed by atoms with Crippen LogP contribution in [-0.2, 0) is 5.41 Å². The molecule has 4 aliphatic carbocycles. The third kappa shape index (κ3) is 2.12. The molecule has 4 fully saturated rings. The standard InChI is InChI=1S/C18H27N3/c1-11(19-3)16-10-20-17(21-12(16)2)18-7-13-4-14(8-18)6-15(5-13)9-18/h10-11,13-15,19H,4-9H2,1-3H3. The number of hydrogen-bond donors (Lipinski definition) is 1. The molecule has 1 unspecified atom stereocenters. The molecule has 114 valence electrons. The van der Waals surface area contributed by atoms with Crippen LogP contribution in [0.15, 0.2) is 6.20 Å². The summed E-state index contributed by atoms with van der Waals surface area (Å²) in [5.41, 5.74) is 2.73. The van der Waals surface area contributed by atoms with E-state index in [2.05, 4.69) is 25.4 Å². The molecule has 1 aromatic heterocycles. The summed E-state index contributed by atoms with van der Waals surface area (Å²) in [6.45, 7) is 4.32. The van der Waals surface area contributed by atoms with E-state index in [1.54, 1.807) is 0 Å². The molecule has 0 aliphatic heterocycles. The van der Waals surface area contributed by atoms with Crippen molar-refractivity contribution >= 4 is 0 Å². The van der Waals surface area contributed by atoms with Crippen LogP contribution in [-0.4, -0.2) is 17.0 Å². The summed E-state index contributed by atoms with van der Waals surface area (Å²) in [6, 6.07) is 0.329. The Hall–Kier alpha value is -0.960. The van der Waals surface area contributed by atoms with Gasteiger partial charge in [0.2, 0.25) is 0 Å². The van der Waals surface area contributed by atoms with Crippen LogP contribution in [0.3, 0.4) is 0 Å². The van der Waals surface area contributed by atoms with Crippen molar-refractivity contribution in [3.63, 3.8) is 0 Å². The van der Waals surface area contributed by atoms with Crippen LogP contribution in [0, 0.1) is 24.7 Å². The van der Waals surface area contributed by atoms with E-state index >= 15 is 0 Å². The van der Waals surface area contributed by atoms with Gasteiger partial charge in [-0.05, 0) is 77.2 Å². The number of nitrogens with zero attached hydrogens (tertiary/aromatic N) is 2. The lowest BCUT2D eigenvalue weighted by molar-refractivity contribution is -0.00950. The third-order valence-electron chi connectivity index (χ3n) is 6.43. The number of rotatable bonds is 3. The molecule has 4 aliphatic rings. The van der Waals surface area contributed by atoms with Crippen molar-refractivity contribution in [3.8, 4) is 0 Å². The fraction of sp³-hybridized carbons (Fsp3) is 0.778. The molecule has 5 rings (SSSR count). The Morgan fingerprint density at radius 1 is 1.14 bits per heavy atom. The van der Waals surface area contributed by atoms with Crippen LogP contribution in [0.2, 0.25) is 0 Å². The van der Waals surface area contributed by atoms with E-state index < -0.39 is 0 Å². The molecular weight excluding hydrogens is 258 g/mol. The first-order valence-electron chi connectivity index (χ1n) is 8.61. The van der Waals surface area contributed by atoms with Crippen LogP contribution in [0.4, 0.5) is 0 Å². The molecule has 0 amide bonds. The molecule has 3 nitrogen and oxygen atoms in total. The lowest BCUT2D eigenvalue weighted by Crippen LogP contribution is -2.49. The predicted molar refractivity (Wildman–Crippen MR) is 84.1 cm³/mol. The average Bonchev–Trinajstić information content (AvgIpc) is 2.45. The first kappa shape index (κ1) is 13.7. The van der Waals surface area contributed by atoms with Gasteiger partial charge in [-0.2, -0.15) is 0 Å². The fourth-order valence-electron chi connectivity index (χ4n) is 5.70. The monoisotopic (exact) mass is 285 g/mol. The summed E-state index contributed by atoms with van der Waals surface area (Å²) in [7, 11) is 2.00. The SMILES string of the molecule is CNC(C)c1cnc(C23CC4CC(CC(C4)C2)C3)nc1C. The van der Waals surface area contributed by atoms with Crippen LogP contribution >= 0.6 is 0 Å². The first-order valence-corrected chi connectivity index (χ1v) is 8.61. The summed E-state index contributed by atoms with van der Waals surface area (Å²) in [5.74, 6) is 4.02. The van der Waals surface area contributed by atoms with Crippen molar-refractivity contribution in [1.82, 2.24) is 15.3 Å². The largest absolute Gasteiger partial charge is 0.313 e. The summed E-state index contributed by atoms with van der Waals surface area (Å²) in [6.07, 6.45) is 10.6. The van der Waals surface area contributed by atoms with Gasteiger partial charge in [-0.1, -0.05) is 0 Å². The number of aryl methyl sites for hydroxylation is 1. The van der Waals surface area contributed by atoms with Crippen molar-refractivity contribution < 1.29 is 0 Å². The lowest BCUT2D eigenvalue weighted by Gasteiger charge is -2.56. The van der Waals surface area contributed by atoms with E-state index in [-0.39, 0.29) is 0 Å². The van der Waals surface area contributed by atoms with Crippen molar-refractivity contribution in [3.05, 3.63) is 23.3 Å². The Balaban J connectivity index is 1.69. The molecule has 0 radical (unpaired) electrons. The van der Waals surface area contributed by atoms with Crippen molar-refractivity contribution in [2.24, 2.45) is 17.8 Å². The Bertz CT molecular complexity index is 516. The molecule has 0 aromatic carbocycles. The zero-order chi connectivity index (χ0) is 14.6. The molecule has 3 heteroatoms. The minimum absolute atomic E-state index is 0.320. The lowest BCUT2D eigenvalue weighted by atomic mass is 9.49. The first-order chi connectivity index (χ1) is 10.1. The highest BCUT2D eigenvalue weighted by atomic mass is 14.9. The maximum Gasteiger partial charge on any atom is 0.134 e. The molecule has 4 saturated carbocycles. The average molecular weight is 285 g/mol. The molecule has 0 spiro atoms. The van der Waals surface area contributed by atoms with E-state index in [0.717, 1.165) is 29.3 Å². The fourth-order valence-corrected chi connectivity index (χ4v) is 5.70. The number of nitrogens with one attached hydrogen (secondary N) is 1. The van der Waals surface area contributed by atoms with Gasteiger partial charge < -0.3 is 5.32 Å². The second kappa shape index (κ2) is 4.77. The van der Waals surface area contributed by atoms with Crippen molar-refractivity contribution in [1.29, 1.82) is 0 Å². The summed E-state index contributed by atoms with van der Waals surface area (Å²) >= 11 is 0.